The van der Waals surface area contributed by atoms with Crippen LogP contribution in [0.3, 0.4) is 0 Å². The van der Waals surface area contributed by atoms with Crippen LogP contribution in [0.5, 0.6) is 0 Å². The first-order chi connectivity index (χ1) is 13.6. The molecule has 0 aliphatic carbocycles. The molecule has 8 heteroatoms. The van der Waals surface area contributed by atoms with E-state index in [1.807, 2.05) is 41.8 Å². The Morgan fingerprint density at radius 1 is 1.07 bits per heavy atom. The Morgan fingerprint density at radius 2 is 1.82 bits per heavy atom. The van der Waals surface area contributed by atoms with Crippen molar-refractivity contribution in [2.45, 2.75) is 30.8 Å². The van der Waals surface area contributed by atoms with Gasteiger partial charge in [-0.1, -0.05) is 59.4 Å². The molecular weight excluding hydrogens is 377 g/mol. The fourth-order valence-corrected chi connectivity index (χ4v) is 3.69. The summed E-state index contributed by atoms with van der Waals surface area (Å²) < 4.78 is 21.6. The molecule has 4 rings (SSSR count). The maximum Gasteiger partial charge on any atom is 0.239 e. The maximum atomic E-state index is 14.4. The first-order valence-corrected chi connectivity index (χ1v) is 9.68. The summed E-state index contributed by atoms with van der Waals surface area (Å²) in [5, 5.41) is 13.0. The molecule has 0 bridgehead atoms. The van der Waals surface area contributed by atoms with Crippen LogP contribution >= 0.6 is 11.8 Å². The smallest absolute Gasteiger partial charge is 0.239 e. The Balaban J connectivity index is 1.72. The minimum Gasteiger partial charge on any atom is -0.338 e. The molecule has 0 spiro atoms. The highest BCUT2D eigenvalue weighted by molar-refractivity contribution is 7.99. The van der Waals surface area contributed by atoms with Crippen molar-refractivity contribution in [3.05, 3.63) is 77.7 Å². The molecule has 4 aromatic rings. The van der Waals surface area contributed by atoms with Gasteiger partial charge in [-0.2, -0.15) is 4.98 Å². The number of halogens is 1. The summed E-state index contributed by atoms with van der Waals surface area (Å²) in [5.41, 5.74) is 1.49. The number of benzene rings is 2. The van der Waals surface area contributed by atoms with Gasteiger partial charge >= 0.3 is 0 Å². The average Bonchev–Trinajstić information content (AvgIpc) is 3.30. The van der Waals surface area contributed by atoms with Gasteiger partial charge in [0.1, 0.15) is 5.82 Å². The fraction of sp³-hybridized carbons (Fsp3) is 0.200. The Morgan fingerprint density at radius 3 is 2.54 bits per heavy atom. The minimum absolute atomic E-state index is 0.117. The lowest BCUT2D eigenvalue weighted by Crippen LogP contribution is -2.05. The van der Waals surface area contributed by atoms with Gasteiger partial charge in [-0.15, -0.1) is 10.2 Å². The maximum absolute atomic E-state index is 14.4. The number of rotatable bonds is 6. The second kappa shape index (κ2) is 7.93. The van der Waals surface area contributed by atoms with E-state index in [1.165, 1.54) is 17.8 Å². The van der Waals surface area contributed by atoms with E-state index in [-0.39, 0.29) is 11.1 Å². The highest BCUT2D eigenvalue weighted by atomic mass is 32.2. The number of nitrogens with zero attached hydrogens (tertiary/aromatic N) is 5. The summed E-state index contributed by atoms with van der Waals surface area (Å²) in [7, 11) is 0. The topological polar surface area (TPSA) is 69.6 Å². The lowest BCUT2D eigenvalue weighted by molar-refractivity contribution is 0.376. The monoisotopic (exact) mass is 395 g/mol. The zero-order valence-electron chi connectivity index (χ0n) is 15.4. The summed E-state index contributed by atoms with van der Waals surface area (Å²) in [4.78, 5) is 4.28. The number of hydrogen-bond donors (Lipinski definition) is 0. The molecule has 28 heavy (non-hydrogen) atoms. The third-order valence-electron chi connectivity index (χ3n) is 4.19. The van der Waals surface area contributed by atoms with Crippen molar-refractivity contribution in [1.82, 2.24) is 24.9 Å². The van der Waals surface area contributed by atoms with Gasteiger partial charge in [0.25, 0.3) is 0 Å². The SMILES string of the molecule is Cc1noc(C(C)Sc2nnc(-c3ccccc3F)n2Cc2ccccc2)n1. The first-order valence-electron chi connectivity index (χ1n) is 8.80. The molecule has 0 saturated heterocycles. The largest absolute Gasteiger partial charge is 0.338 e. The van der Waals surface area contributed by atoms with Crippen LogP contribution in [0.15, 0.2) is 64.3 Å². The number of hydrogen-bond acceptors (Lipinski definition) is 6. The molecule has 142 valence electrons. The van der Waals surface area contributed by atoms with E-state index in [2.05, 4.69) is 20.3 Å². The lowest BCUT2D eigenvalue weighted by atomic mass is 10.2. The number of thioether (sulfide) groups is 1. The van der Waals surface area contributed by atoms with E-state index in [4.69, 9.17) is 4.52 Å². The minimum atomic E-state index is -0.332. The highest BCUT2D eigenvalue weighted by Gasteiger charge is 2.22. The van der Waals surface area contributed by atoms with E-state index in [9.17, 15) is 4.39 Å². The Kier molecular flexibility index (Phi) is 5.21. The van der Waals surface area contributed by atoms with E-state index in [0.29, 0.717) is 34.8 Å². The van der Waals surface area contributed by atoms with E-state index in [1.54, 1.807) is 25.1 Å². The van der Waals surface area contributed by atoms with Crippen LogP contribution in [-0.2, 0) is 6.54 Å². The van der Waals surface area contributed by atoms with Crippen molar-refractivity contribution < 1.29 is 8.91 Å². The molecule has 0 aliphatic rings. The second-order valence-electron chi connectivity index (χ2n) is 6.30. The van der Waals surface area contributed by atoms with E-state index >= 15 is 0 Å². The Bertz CT molecular complexity index is 1080. The Labute approximate surface area is 165 Å². The summed E-state index contributed by atoms with van der Waals surface area (Å²) in [5.74, 6) is 1.25. The lowest BCUT2D eigenvalue weighted by Gasteiger charge is -2.12. The molecule has 0 amide bonds. The van der Waals surface area contributed by atoms with Crippen LogP contribution in [-0.4, -0.2) is 24.9 Å². The van der Waals surface area contributed by atoms with Gasteiger partial charge in [0.05, 0.1) is 17.4 Å². The van der Waals surface area contributed by atoms with Crippen LogP contribution in [0.2, 0.25) is 0 Å². The van der Waals surface area contributed by atoms with Crippen molar-refractivity contribution in [2.24, 2.45) is 0 Å². The van der Waals surface area contributed by atoms with Crippen molar-refractivity contribution in [3.63, 3.8) is 0 Å². The third-order valence-corrected chi connectivity index (χ3v) is 5.26. The van der Waals surface area contributed by atoms with Crippen molar-refractivity contribution >= 4 is 11.8 Å². The third kappa shape index (κ3) is 3.82. The highest BCUT2D eigenvalue weighted by Crippen LogP contribution is 2.35. The van der Waals surface area contributed by atoms with Crippen molar-refractivity contribution in [3.8, 4) is 11.4 Å². The average molecular weight is 395 g/mol. The molecule has 6 nitrogen and oxygen atoms in total. The summed E-state index contributed by atoms with van der Waals surface area (Å²) in [6.07, 6.45) is 0. The fourth-order valence-electron chi connectivity index (χ4n) is 2.81. The quantitative estimate of drug-likeness (QED) is 0.442. The zero-order chi connectivity index (χ0) is 19.5. The molecule has 2 aromatic carbocycles. The standard InChI is InChI=1S/C20H18FN5OS/c1-13(19-22-14(2)25-27-19)28-20-24-23-18(16-10-6-7-11-17(16)21)26(20)12-15-8-4-3-5-9-15/h3-11,13H,12H2,1-2H3. The molecule has 2 heterocycles. The number of aromatic nitrogens is 5. The summed E-state index contributed by atoms with van der Waals surface area (Å²) in [6.45, 7) is 4.26. The zero-order valence-corrected chi connectivity index (χ0v) is 16.2. The molecule has 0 aliphatic heterocycles. The summed E-state index contributed by atoms with van der Waals surface area (Å²) >= 11 is 1.45. The van der Waals surface area contributed by atoms with Crippen LogP contribution in [0.4, 0.5) is 4.39 Å². The van der Waals surface area contributed by atoms with Crippen LogP contribution in [0, 0.1) is 12.7 Å². The molecule has 0 N–H and O–H groups in total. The Hall–Kier alpha value is -3.00. The normalized spacial score (nSPS) is 12.2. The molecule has 0 radical (unpaired) electrons. The molecular formula is C20H18FN5OS. The van der Waals surface area contributed by atoms with Gasteiger partial charge in [-0.05, 0) is 31.5 Å². The van der Waals surface area contributed by atoms with Gasteiger partial charge in [0.2, 0.25) is 5.89 Å². The number of aryl methyl sites for hydroxylation is 1. The summed E-state index contributed by atoms with van der Waals surface area (Å²) in [6, 6.07) is 16.5. The van der Waals surface area contributed by atoms with Gasteiger partial charge in [-0.3, -0.25) is 4.57 Å². The van der Waals surface area contributed by atoms with Gasteiger partial charge in [0.15, 0.2) is 16.8 Å². The first kappa shape index (κ1) is 18.4. The van der Waals surface area contributed by atoms with Crippen molar-refractivity contribution in [2.75, 3.05) is 0 Å². The van der Waals surface area contributed by atoms with E-state index in [0.717, 1.165) is 5.56 Å². The van der Waals surface area contributed by atoms with Crippen LogP contribution in [0.25, 0.3) is 11.4 Å². The van der Waals surface area contributed by atoms with E-state index < -0.39 is 0 Å². The molecule has 1 unspecified atom stereocenters. The molecule has 0 fully saturated rings. The molecule has 1 atom stereocenters. The van der Waals surface area contributed by atoms with Gasteiger partial charge in [-0.25, -0.2) is 4.39 Å². The molecule has 2 aromatic heterocycles. The molecule has 0 saturated carbocycles. The van der Waals surface area contributed by atoms with Gasteiger partial charge in [0, 0.05) is 0 Å². The van der Waals surface area contributed by atoms with Gasteiger partial charge < -0.3 is 4.52 Å². The predicted octanol–water partition coefficient (Wildman–Crippen LogP) is 4.68. The second-order valence-corrected chi connectivity index (χ2v) is 7.61. The predicted molar refractivity (Wildman–Crippen MR) is 104 cm³/mol. The van der Waals surface area contributed by atoms with Crippen LogP contribution in [0.1, 0.15) is 29.5 Å². The van der Waals surface area contributed by atoms with Crippen LogP contribution < -0.4 is 0 Å². The van der Waals surface area contributed by atoms with Crippen molar-refractivity contribution in [1.29, 1.82) is 0 Å².